The maximum atomic E-state index is 14.1. The van der Waals surface area contributed by atoms with E-state index in [-0.39, 0.29) is 17.0 Å². The molecular formula is C13H9F4N3O2. The molecule has 2 aromatic rings. The first-order valence-electron chi connectivity index (χ1n) is 6.12. The molecule has 22 heavy (non-hydrogen) atoms. The molecular weight excluding hydrogens is 306 g/mol. The van der Waals surface area contributed by atoms with Crippen LogP contribution in [0.15, 0.2) is 42.1 Å². The molecule has 0 fully saturated rings. The highest BCUT2D eigenvalue weighted by Gasteiger charge is 2.60. The summed E-state index contributed by atoms with van der Waals surface area (Å²) in [6.07, 6.45) is -1.52. The molecule has 3 rings (SSSR count). The molecule has 2 heterocycles. The third kappa shape index (κ3) is 2.33. The van der Waals surface area contributed by atoms with Gasteiger partial charge < -0.3 is 14.5 Å². The zero-order chi connectivity index (χ0) is 16.0. The average Bonchev–Trinajstić information content (AvgIpc) is 3.07. The highest BCUT2D eigenvalue weighted by atomic mass is 19.4. The summed E-state index contributed by atoms with van der Waals surface area (Å²) in [7, 11) is 0. The van der Waals surface area contributed by atoms with Crippen LogP contribution in [0, 0.1) is 5.82 Å². The van der Waals surface area contributed by atoms with Crippen LogP contribution in [0.4, 0.5) is 17.6 Å². The van der Waals surface area contributed by atoms with Gasteiger partial charge in [-0.15, -0.1) is 0 Å². The molecule has 1 atom stereocenters. The van der Waals surface area contributed by atoms with Crippen molar-refractivity contribution in [3.8, 4) is 5.69 Å². The first-order valence-corrected chi connectivity index (χ1v) is 6.12. The van der Waals surface area contributed by atoms with E-state index in [0.29, 0.717) is 0 Å². The number of hydrogen-bond donors (Lipinski definition) is 1. The van der Waals surface area contributed by atoms with E-state index in [1.54, 1.807) is 0 Å². The Kier molecular flexibility index (Phi) is 3.17. The standard InChI is InChI=1S/C13H9F4N3O2/c14-9-5-8(1-2-11(9)20-4-3-18-7-20)10-6-12(21,22-19-10)13(15,16)17/h1-5,7,21H,6H2. The number of oxime groups is 1. The zero-order valence-electron chi connectivity index (χ0n) is 10.9. The van der Waals surface area contributed by atoms with Crippen LogP contribution < -0.4 is 0 Å². The number of halogens is 4. The number of aliphatic hydroxyl groups is 1. The van der Waals surface area contributed by atoms with Gasteiger partial charge in [0.1, 0.15) is 5.82 Å². The Morgan fingerprint density at radius 2 is 2.09 bits per heavy atom. The van der Waals surface area contributed by atoms with Crippen LogP contribution in [-0.4, -0.2) is 32.3 Å². The maximum Gasteiger partial charge on any atom is 0.458 e. The fourth-order valence-electron chi connectivity index (χ4n) is 2.03. The third-order valence-corrected chi connectivity index (χ3v) is 3.22. The summed E-state index contributed by atoms with van der Waals surface area (Å²) in [4.78, 5) is 7.88. The summed E-state index contributed by atoms with van der Waals surface area (Å²) < 4.78 is 53.4. The molecule has 1 aliphatic heterocycles. The number of rotatable bonds is 2. The number of imidazole rings is 1. The van der Waals surface area contributed by atoms with Crippen LogP contribution in [0.25, 0.3) is 5.69 Å². The van der Waals surface area contributed by atoms with E-state index >= 15 is 0 Å². The summed E-state index contributed by atoms with van der Waals surface area (Å²) in [6, 6.07) is 3.79. The zero-order valence-corrected chi connectivity index (χ0v) is 10.9. The van der Waals surface area contributed by atoms with Gasteiger partial charge >= 0.3 is 12.0 Å². The minimum atomic E-state index is -4.99. The van der Waals surface area contributed by atoms with Gasteiger partial charge in [0, 0.05) is 18.0 Å². The van der Waals surface area contributed by atoms with Gasteiger partial charge in [0.25, 0.3) is 0 Å². The smallest absolute Gasteiger partial charge is 0.350 e. The second-order valence-corrected chi connectivity index (χ2v) is 4.72. The normalized spacial score (nSPS) is 21.6. The number of hydrogen-bond acceptors (Lipinski definition) is 4. The highest BCUT2D eigenvalue weighted by molar-refractivity contribution is 6.01. The van der Waals surface area contributed by atoms with Crippen LogP contribution in [-0.2, 0) is 4.84 Å². The van der Waals surface area contributed by atoms with Gasteiger partial charge in [-0.25, -0.2) is 9.37 Å². The third-order valence-electron chi connectivity index (χ3n) is 3.22. The molecule has 9 heteroatoms. The highest BCUT2D eigenvalue weighted by Crippen LogP contribution is 2.39. The Morgan fingerprint density at radius 1 is 1.32 bits per heavy atom. The minimum absolute atomic E-state index is 0.0986. The van der Waals surface area contributed by atoms with Gasteiger partial charge in [-0.05, 0) is 12.1 Å². The fraction of sp³-hybridized carbons (Fsp3) is 0.231. The van der Waals surface area contributed by atoms with Gasteiger partial charge in [-0.3, -0.25) is 0 Å². The van der Waals surface area contributed by atoms with Crippen molar-refractivity contribution in [2.75, 3.05) is 0 Å². The Balaban J connectivity index is 1.87. The SMILES string of the molecule is OC1(C(F)(F)F)CC(c2ccc(-n3ccnc3)c(F)c2)=NO1. The van der Waals surface area contributed by atoms with Crippen molar-refractivity contribution in [2.45, 2.75) is 18.4 Å². The first-order chi connectivity index (χ1) is 10.3. The van der Waals surface area contributed by atoms with Gasteiger partial charge in [-0.1, -0.05) is 11.2 Å². The molecule has 1 aromatic carbocycles. The van der Waals surface area contributed by atoms with Crippen molar-refractivity contribution >= 4 is 5.71 Å². The minimum Gasteiger partial charge on any atom is -0.350 e. The maximum absolute atomic E-state index is 14.1. The molecule has 5 nitrogen and oxygen atoms in total. The summed E-state index contributed by atoms with van der Waals surface area (Å²) in [5.41, 5.74) is 0.101. The second-order valence-electron chi connectivity index (χ2n) is 4.72. The number of aromatic nitrogens is 2. The van der Waals surface area contributed by atoms with E-state index < -0.39 is 24.2 Å². The average molecular weight is 315 g/mol. The lowest BCUT2D eigenvalue weighted by atomic mass is 10.0. The van der Waals surface area contributed by atoms with E-state index in [4.69, 9.17) is 0 Å². The summed E-state index contributed by atoms with van der Waals surface area (Å²) in [5, 5.41) is 12.6. The van der Waals surface area contributed by atoms with E-state index in [1.807, 2.05) is 0 Å². The second kappa shape index (κ2) is 4.80. The lowest BCUT2D eigenvalue weighted by Gasteiger charge is -2.22. The van der Waals surface area contributed by atoms with Crippen molar-refractivity contribution < 1.29 is 27.5 Å². The molecule has 1 N–H and O–H groups in total. The summed E-state index contributed by atoms with van der Waals surface area (Å²) in [5.74, 6) is -4.04. The van der Waals surface area contributed by atoms with E-state index in [0.717, 1.165) is 6.07 Å². The molecule has 1 aliphatic rings. The van der Waals surface area contributed by atoms with E-state index in [2.05, 4.69) is 15.0 Å². The fourth-order valence-corrected chi connectivity index (χ4v) is 2.03. The molecule has 0 spiro atoms. The Labute approximate surface area is 121 Å². The van der Waals surface area contributed by atoms with Crippen molar-refractivity contribution in [3.05, 3.63) is 48.3 Å². The first kappa shape index (κ1) is 14.5. The van der Waals surface area contributed by atoms with Crippen LogP contribution in [0.1, 0.15) is 12.0 Å². The predicted molar refractivity (Wildman–Crippen MR) is 66.8 cm³/mol. The van der Waals surface area contributed by atoms with E-state index in [1.165, 1.54) is 35.4 Å². The molecule has 0 saturated heterocycles. The largest absolute Gasteiger partial charge is 0.458 e. The molecule has 116 valence electrons. The van der Waals surface area contributed by atoms with Crippen molar-refractivity contribution in [1.82, 2.24) is 9.55 Å². The number of alkyl halides is 3. The monoisotopic (exact) mass is 315 g/mol. The Bertz CT molecular complexity index is 727. The van der Waals surface area contributed by atoms with Crippen molar-refractivity contribution in [2.24, 2.45) is 5.16 Å². The molecule has 0 amide bonds. The predicted octanol–water partition coefficient (Wildman–Crippen LogP) is 2.39. The van der Waals surface area contributed by atoms with Gasteiger partial charge in [0.15, 0.2) is 0 Å². The molecule has 0 radical (unpaired) electrons. The van der Waals surface area contributed by atoms with Gasteiger partial charge in [-0.2, -0.15) is 13.2 Å². The molecule has 0 bridgehead atoms. The molecule has 0 aliphatic carbocycles. The summed E-state index contributed by atoms with van der Waals surface area (Å²) >= 11 is 0. The van der Waals surface area contributed by atoms with Gasteiger partial charge in [0.05, 0.1) is 24.1 Å². The molecule has 1 aromatic heterocycles. The van der Waals surface area contributed by atoms with Crippen molar-refractivity contribution in [1.29, 1.82) is 0 Å². The molecule has 0 saturated carbocycles. The Hall–Kier alpha value is -2.42. The molecule has 1 unspecified atom stereocenters. The van der Waals surface area contributed by atoms with Crippen LogP contribution in [0.2, 0.25) is 0 Å². The van der Waals surface area contributed by atoms with Crippen LogP contribution in [0.3, 0.4) is 0 Å². The van der Waals surface area contributed by atoms with E-state index in [9.17, 15) is 22.7 Å². The van der Waals surface area contributed by atoms with Crippen molar-refractivity contribution in [3.63, 3.8) is 0 Å². The van der Waals surface area contributed by atoms with Crippen LogP contribution >= 0.6 is 0 Å². The van der Waals surface area contributed by atoms with Gasteiger partial charge in [0.2, 0.25) is 0 Å². The lowest BCUT2D eigenvalue weighted by molar-refractivity contribution is -0.355. The summed E-state index contributed by atoms with van der Waals surface area (Å²) in [6.45, 7) is 0. The van der Waals surface area contributed by atoms with Crippen LogP contribution in [0.5, 0.6) is 0 Å². The Morgan fingerprint density at radius 3 is 2.64 bits per heavy atom. The topological polar surface area (TPSA) is 59.6 Å². The number of nitrogens with zero attached hydrogens (tertiary/aromatic N) is 3. The lowest BCUT2D eigenvalue weighted by Crippen LogP contribution is -2.45. The number of benzene rings is 1. The quantitative estimate of drug-likeness (QED) is 0.866.